The molecule has 2 aromatic rings. The molecule has 0 radical (unpaired) electrons. The van der Waals surface area contributed by atoms with Crippen LogP contribution in [0.5, 0.6) is 0 Å². The van der Waals surface area contributed by atoms with E-state index in [4.69, 9.17) is 9.97 Å². The molecule has 1 fully saturated rings. The molecule has 0 spiro atoms. The maximum absolute atomic E-state index is 4.85. The normalized spacial score (nSPS) is 14.5. The van der Waals surface area contributed by atoms with E-state index < -0.39 is 0 Å². The summed E-state index contributed by atoms with van der Waals surface area (Å²) in [4.78, 5) is 18.3. The van der Waals surface area contributed by atoms with Gasteiger partial charge in [-0.25, -0.2) is 9.97 Å². The number of anilines is 2. The van der Waals surface area contributed by atoms with Crippen LogP contribution in [-0.4, -0.2) is 46.2 Å². The molecule has 1 aliphatic rings. The Morgan fingerprint density at radius 1 is 1.13 bits per heavy atom. The SMILES string of the molecule is Cc1nc(N2CCCC2)nc(N(C)CCn2ccnc2C)c1C. The molecule has 124 valence electrons. The minimum absolute atomic E-state index is 0.881. The predicted octanol–water partition coefficient (Wildman–Crippen LogP) is 2.33. The lowest BCUT2D eigenvalue weighted by molar-refractivity contribution is 0.659. The van der Waals surface area contributed by atoms with Crippen molar-refractivity contribution in [3.05, 3.63) is 29.5 Å². The van der Waals surface area contributed by atoms with Crippen LogP contribution in [-0.2, 0) is 6.54 Å². The first kappa shape index (κ1) is 15.8. The molecule has 0 N–H and O–H groups in total. The van der Waals surface area contributed by atoms with E-state index >= 15 is 0 Å². The van der Waals surface area contributed by atoms with Gasteiger partial charge in [-0.3, -0.25) is 0 Å². The number of imidazole rings is 1. The molecule has 0 atom stereocenters. The van der Waals surface area contributed by atoms with Gasteiger partial charge < -0.3 is 14.4 Å². The van der Waals surface area contributed by atoms with E-state index in [1.807, 2.05) is 19.3 Å². The number of hydrogen-bond donors (Lipinski definition) is 0. The van der Waals surface area contributed by atoms with Crippen molar-refractivity contribution in [1.82, 2.24) is 19.5 Å². The Bertz CT molecular complexity index is 672. The lowest BCUT2D eigenvalue weighted by atomic mass is 10.2. The third-order valence-corrected chi connectivity index (χ3v) is 4.70. The molecule has 0 aromatic carbocycles. The molecule has 6 nitrogen and oxygen atoms in total. The molecule has 0 amide bonds. The Morgan fingerprint density at radius 2 is 1.87 bits per heavy atom. The maximum atomic E-state index is 4.85. The molecule has 3 rings (SSSR count). The van der Waals surface area contributed by atoms with Gasteiger partial charge in [-0.05, 0) is 33.6 Å². The summed E-state index contributed by atoms with van der Waals surface area (Å²) < 4.78 is 2.17. The molecule has 1 saturated heterocycles. The van der Waals surface area contributed by atoms with Crippen LogP contribution >= 0.6 is 0 Å². The van der Waals surface area contributed by atoms with Gasteiger partial charge in [0.25, 0.3) is 0 Å². The van der Waals surface area contributed by atoms with Crippen molar-refractivity contribution in [2.24, 2.45) is 0 Å². The summed E-state index contributed by atoms with van der Waals surface area (Å²) in [6, 6.07) is 0. The molecule has 0 bridgehead atoms. The second-order valence-corrected chi connectivity index (χ2v) is 6.34. The lowest BCUT2D eigenvalue weighted by Gasteiger charge is -2.24. The molecule has 0 unspecified atom stereocenters. The van der Waals surface area contributed by atoms with Crippen molar-refractivity contribution in [2.75, 3.05) is 36.5 Å². The van der Waals surface area contributed by atoms with E-state index in [2.05, 4.69) is 40.2 Å². The Hall–Kier alpha value is -2.11. The van der Waals surface area contributed by atoms with Crippen molar-refractivity contribution in [3.63, 3.8) is 0 Å². The topological polar surface area (TPSA) is 50.1 Å². The van der Waals surface area contributed by atoms with Crippen LogP contribution in [0.1, 0.15) is 29.9 Å². The van der Waals surface area contributed by atoms with E-state index in [0.717, 1.165) is 55.0 Å². The van der Waals surface area contributed by atoms with Crippen LogP contribution in [0.2, 0.25) is 0 Å². The first-order chi connectivity index (χ1) is 11.1. The van der Waals surface area contributed by atoms with Crippen LogP contribution in [0.25, 0.3) is 0 Å². The Kier molecular flexibility index (Phi) is 4.50. The average molecular weight is 314 g/mol. The maximum Gasteiger partial charge on any atom is 0.227 e. The number of likely N-dealkylation sites (N-methyl/N-ethyl adjacent to an activating group) is 1. The summed E-state index contributed by atoms with van der Waals surface area (Å²) in [5.74, 6) is 2.97. The van der Waals surface area contributed by atoms with Crippen molar-refractivity contribution in [2.45, 2.75) is 40.2 Å². The zero-order valence-corrected chi connectivity index (χ0v) is 14.6. The Labute approximate surface area is 138 Å². The summed E-state index contributed by atoms with van der Waals surface area (Å²) >= 11 is 0. The number of aromatic nitrogens is 4. The van der Waals surface area contributed by atoms with E-state index in [1.54, 1.807) is 0 Å². The van der Waals surface area contributed by atoms with Crippen LogP contribution in [0, 0.1) is 20.8 Å². The van der Waals surface area contributed by atoms with Crippen LogP contribution in [0.4, 0.5) is 11.8 Å². The quantitative estimate of drug-likeness (QED) is 0.848. The van der Waals surface area contributed by atoms with Crippen molar-refractivity contribution < 1.29 is 0 Å². The third-order valence-electron chi connectivity index (χ3n) is 4.70. The minimum atomic E-state index is 0.881. The van der Waals surface area contributed by atoms with E-state index in [-0.39, 0.29) is 0 Å². The Morgan fingerprint density at radius 3 is 2.52 bits per heavy atom. The first-order valence-electron chi connectivity index (χ1n) is 8.35. The summed E-state index contributed by atoms with van der Waals surface area (Å²) in [5, 5.41) is 0. The van der Waals surface area contributed by atoms with Crippen LogP contribution < -0.4 is 9.80 Å². The third kappa shape index (κ3) is 3.30. The molecule has 6 heteroatoms. The number of nitrogens with zero attached hydrogens (tertiary/aromatic N) is 6. The first-order valence-corrected chi connectivity index (χ1v) is 8.35. The standard InChI is InChI=1S/C17H26N6/c1-13-14(2)19-17(23-8-5-6-9-23)20-16(13)21(4)11-12-22-10-7-18-15(22)3/h7,10H,5-6,8-9,11-12H2,1-4H3. The largest absolute Gasteiger partial charge is 0.357 e. The van der Waals surface area contributed by atoms with Crippen molar-refractivity contribution in [3.8, 4) is 0 Å². The van der Waals surface area contributed by atoms with Gasteiger partial charge in [0.2, 0.25) is 5.95 Å². The van der Waals surface area contributed by atoms with Gasteiger partial charge in [0, 0.05) is 56.9 Å². The highest BCUT2D eigenvalue weighted by molar-refractivity contribution is 5.52. The second kappa shape index (κ2) is 6.56. The number of aryl methyl sites for hydroxylation is 2. The molecule has 0 saturated carbocycles. The van der Waals surface area contributed by atoms with E-state index in [0.29, 0.717) is 0 Å². The lowest BCUT2D eigenvalue weighted by Crippen LogP contribution is -2.27. The molecular formula is C17H26N6. The van der Waals surface area contributed by atoms with Gasteiger partial charge in [-0.2, -0.15) is 4.98 Å². The van der Waals surface area contributed by atoms with Crippen LogP contribution in [0.15, 0.2) is 12.4 Å². The number of hydrogen-bond acceptors (Lipinski definition) is 5. The van der Waals surface area contributed by atoms with Gasteiger partial charge in [0.05, 0.1) is 0 Å². The van der Waals surface area contributed by atoms with Gasteiger partial charge >= 0.3 is 0 Å². The molecule has 2 aromatic heterocycles. The monoisotopic (exact) mass is 314 g/mol. The van der Waals surface area contributed by atoms with Gasteiger partial charge in [-0.15, -0.1) is 0 Å². The van der Waals surface area contributed by atoms with Gasteiger partial charge in [0.1, 0.15) is 11.6 Å². The molecule has 23 heavy (non-hydrogen) atoms. The summed E-state index contributed by atoms with van der Waals surface area (Å²) in [7, 11) is 2.11. The second-order valence-electron chi connectivity index (χ2n) is 6.34. The highest BCUT2D eigenvalue weighted by atomic mass is 15.3. The zero-order chi connectivity index (χ0) is 16.4. The fourth-order valence-corrected chi connectivity index (χ4v) is 3.03. The van der Waals surface area contributed by atoms with Crippen molar-refractivity contribution >= 4 is 11.8 Å². The minimum Gasteiger partial charge on any atom is -0.357 e. The Balaban J connectivity index is 1.78. The molecule has 3 heterocycles. The van der Waals surface area contributed by atoms with Gasteiger partial charge in [-0.1, -0.05) is 0 Å². The smallest absolute Gasteiger partial charge is 0.227 e. The van der Waals surface area contributed by atoms with Crippen LogP contribution in [0.3, 0.4) is 0 Å². The molecular weight excluding hydrogens is 288 g/mol. The fourth-order valence-electron chi connectivity index (χ4n) is 3.03. The average Bonchev–Trinajstić information content (AvgIpc) is 3.19. The summed E-state index contributed by atoms with van der Waals surface area (Å²) in [6.45, 7) is 10.2. The molecule has 1 aliphatic heterocycles. The summed E-state index contributed by atoms with van der Waals surface area (Å²) in [5.41, 5.74) is 2.24. The predicted molar refractivity (Wildman–Crippen MR) is 93.2 cm³/mol. The fraction of sp³-hybridized carbons (Fsp3) is 0.588. The summed E-state index contributed by atoms with van der Waals surface area (Å²) in [6.07, 6.45) is 6.35. The number of rotatable bonds is 5. The highest BCUT2D eigenvalue weighted by Crippen LogP contribution is 2.24. The van der Waals surface area contributed by atoms with Crippen molar-refractivity contribution in [1.29, 1.82) is 0 Å². The van der Waals surface area contributed by atoms with E-state index in [1.165, 1.54) is 12.8 Å². The highest BCUT2D eigenvalue weighted by Gasteiger charge is 2.19. The zero-order valence-electron chi connectivity index (χ0n) is 14.6. The van der Waals surface area contributed by atoms with E-state index in [9.17, 15) is 0 Å². The van der Waals surface area contributed by atoms with Gasteiger partial charge in [0.15, 0.2) is 0 Å². The molecule has 0 aliphatic carbocycles.